The molecular formula is C21H27F3N2O4. The van der Waals surface area contributed by atoms with Gasteiger partial charge in [0.15, 0.2) is 0 Å². The lowest BCUT2D eigenvalue weighted by atomic mass is 9.84. The Morgan fingerprint density at radius 2 is 1.83 bits per heavy atom. The molecular weight excluding hydrogens is 401 g/mol. The summed E-state index contributed by atoms with van der Waals surface area (Å²) in [6.45, 7) is 4.83. The van der Waals surface area contributed by atoms with Crippen LogP contribution in [0.4, 0.5) is 13.2 Å². The fraction of sp³-hybridized carbons (Fsp3) is 0.619. The molecule has 1 aromatic carbocycles. The first-order valence-corrected chi connectivity index (χ1v) is 10.2. The van der Waals surface area contributed by atoms with Crippen LogP contribution >= 0.6 is 0 Å². The Hall–Kier alpha value is -2.13. The number of alkyl halides is 3. The predicted molar refractivity (Wildman–Crippen MR) is 102 cm³/mol. The summed E-state index contributed by atoms with van der Waals surface area (Å²) in [6, 6.07) is 10.7. The van der Waals surface area contributed by atoms with Crippen molar-refractivity contribution >= 4 is 11.9 Å². The second kappa shape index (κ2) is 9.78. The maximum absolute atomic E-state index is 11.8. The molecule has 30 heavy (non-hydrogen) atoms. The van der Waals surface area contributed by atoms with E-state index in [1.165, 1.54) is 12.0 Å². The topological polar surface area (TPSA) is 78.9 Å². The Bertz CT molecular complexity index is 725. The molecule has 4 rings (SSSR count). The fourth-order valence-electron chi connectivity index (χ4n) is 4.05. The van der Waals surface area contributed by atoms with E-state index in [1.807, 2.05) is 0 Å². The van der Waals surface area contributed by atoms with Gasteiger partial charge < -0.3 is 15.2 Å². The highest BCUT2D eigenvalue weighted by atomic mass is 19.4. The molecule has 1 amide bonds. The van der Waals surface area contributed by atoms with Crippen molar-refractivity contribution < 1.29 is 32.6 Å². The largest absolute Gasteiger partial charge is 0.490 e. The highest BCUT2D eigenvalue weighted by Gasteiger charge is 2.41. The van der Waals surface area contributed by atoms with Crippen LogP contribution in [0.5, 0.6) is 0 Å². The summed E-state index contributed by atoms with van der Waals surface area (Å²) in [7, 11) is 0. The van der Waals surface area contributed by atoms with Crippen molar-refractivity contribution in [2.75, 3.05) is 26.2 Å². The molecule has 0 unspecified atom stereocenters. The first-order valence-electron chi connectivity index (χ1n) is 10.2. The van der Waals surface area contributed by atoms with Gasteiger partial charge in [-0.2, -0.15) is 13.2 Å². The fourth-order valence-corrected chi connectivity index (χ4v) is 4.05. The predicted octanol–water partition coefficient (Wildman–Crippen LogP) is 2.68. The average molecular weight is 428 g/mol. The number of fused-ring (bicyclic) bond motifs is 1. The van der Waals surface area contributed by atoms with Gasteiger partial charge in [-0.3, -0.25) is 9.69 Å². The number of carboxylic acids is 1. The van der Waals surface area contributed by atoms with E-state index in [-0.39, 0.29) is 12.0 Å². The Kier molecular flexibility index (Phi) is 7.36. The molecule has 1 aliphatic carbocycles. The van der Waals surface area contributed by atoms with E-state index in [1.54, 1.807) is 0 Å². The van der Waals surface area contributed by atoms with Crippen molar-refractivity contribution in [1.29, 1.82) is 0 Å². The molecule has 3 atom stereocenters. The third kappa shape index (κ3) is 6.43. The van der Waals surface area contributed by atoms with E-state index in [4.69, 9.17) is 14.6 Å². The van der Waals surface area contributed by atoms with Gasteiger partial charge in [0, 0.05) is 31.5 Å². The maximum atomic E-state index is 11.8. The van der Waals surface area contributed by atoms with E-state index >= 15 is 0 Å². The molecule has 166 valence electrons. The molecule has 2 N–H and O–H groups in total. The highest BCUT2D eigenvalue weighted by molar-refractivity contribution is 5.80. The van der Waals surface area contributed by atoms with Crippen molar-refractivity contribution in [3.05, 3.63) is 35.9 Å². The number of carbonyl (C=O) groups is 2. The number of likely N-dealkylation sites (tertiary alicyclic amines) is 1. The zero-order chi connectivity index (χ0) is 21.7. The summed E-state index contributed by atoms with van der Waals surface area (Å²) in [6.07, 6.45) is -1.54. The lowest BCUT2D eigenvalue weighted by Crippen LogP contribution is -2.43. The third-order valence-electron chi connectivity index (χ3n) is 5.80. The van der Waals surface area contributed by atoms with Crippen LogP contribution in [0.2, 0.25) is 0 Å². The van der Waals surface area contributed by atoms with Crippen LogP contribution in [0.1, 0.15) is 24.8 Å². The minimum absolute atomic E-state index is 0.224. The summed E-state index contributed by atoms with van der Waals surface area (Å²) in [5.74, 6) is -0.997. The normalized spacial score (nSPS) is 26.3. The van der Waals surface area contributed by atoms with Gasteiger partial charge >= 0.3 is 12.1 Å². The van der Waals surface area contributed by atoms with Crippen molar-refractivity contribution in [3.63, 3.8) is 0 Å². The van der Waals surface area contributed by atoms with Crippen LogP contribution in [0.25, 0.3) is 0 Å². The van der Waals surface area contributed by atoms with Crippen LogP contribution in [0.15, 0.2) is 30.3 Å². The molecule has 6 nitrogen and oxygen atoms in total. The second-order valence-electron chi connectivity index (χ2n) is 8.13. The van der Waals surface area contributed by atoms with Crippen molar-refractivity contribution in [2.24, 2.45) is 17.8 Å². The van der Waals surface area contributed by atoms with Gasteiger partial charge in [-0.25, -0.2) is 4.79 Å². The number of ether oxygens (including phenoxy) is 1. The summed E-state index contributed by atoms with van der Waals surface area (Å²) in [5.41, 5.74) is 1.39. The van der Waals surface area contributed by atoms with E-state index in [2.05, 4.69) is 40.5 Å². The summed E-state index contributed by atoms with van der Waals surface area (Å²) in [4.78, 5) is 23.2. The molecule has 0 radical (unpaired) electrons. The van der Waals surface area contributed by atoms with Gasteiger partial charge in [-0.1, -0.05) is 30.3 Å². The number of benzene rings is 1. The van der Waals surface area contributed by atoms with Gasteiger partial charge in [0.2, 0.25) is 5.91 Å². The van der Waals surface area contributed by atoms with Crippen LogP contribution in [-0.4, -0.2) is 60.4 Å². The zero-order valence-electron chi connectivity index (χ0n) is 16.6. The average Bonchev–Trinajstić information content (AvgIpc) is 3.48. The standard InChI is InChI=1S/C19H26N2O2.C2HF3O2/c22-19(15-6-7-15)20-10-18-17-8-9-21(12-16(17)13-23-18)11-14-4-2-1-3-5-14;3-2(4,5)1(6)7/h1-5,15-18H,6-13H2,(H,20,22);(H,6,7)/t16-,17-,18+;/m1./s1. The molecule has 2 saturated heterocycles. The van der Waals surface area contributed by atoms with Gasteiger partial charge in [-0.05, 0) is 37.3 Å². The Morgan fingerprint density at radius 1 is 1.17 bits per heavy atom. The van der Waals surface area contributed by atoms with Gasteiger partial charge in [-0.15, -0.1) is 0 Å². The number of hydrogen-bond acceptors (Lipinski definition) is 4. The number of piperidine rings is 1. The van der Waals surface area contributed by atoms with Gasteiger partial charge in [0.25, 0.3) is 0 Å². The van der Waals surface area contributed by atoms with E-state index in [0.29, 0.717) is 24.3 Å². The zero-order valence-corrected chi connectivity index (χ0v) is 16.6. The summed E-state index contributed by atoms with van der Waals surface area (Å²) in [5, 5.41) is 10.2. The van der Waals surface area contributed by atoms with Gasteiger partial charge in [0.1, 0.15) is 0 Å². The molecule has 0 spiro atoms. The molecule has 3 aliphatic rings. The van der Waals surface area contributed by atoms with Crippen LogP contribution in [-0.2, 0) is 20.9 Å². The first kappa shape index (κ1) is 22.6. The number of carboxylic acid groups (broad SMARTS) is 1. The summed E-state index contributed by atoms with van der Waals surface area (Å²) >= 11 is 0. The molecule has 2 aliphatic heterocycles. The number of nitrogens with one attached hydrogen (secondary N) is 1. The number of amides is 1. The van der Waals surface area contributed by atoms with Crippen LogP contribution in [0, 0.1) is 17.8 Å². The molecule has 1 aromatic rings. The number of aliphatic carboxylic acids is 1. The molecule has 9 heteroatoms. The molecule has 0 aromatic heterocycles. The molecule has 3 fully saturated rings. The number of nitrogens with zero attached hydrogens (tertiary/aromatic N) is 1. The number of hydrogen-bond donors (Lipinski definition) is 2. The van der Waals surface area contributed by atoms with Gasteiger partial charge in [0.05, 0.1) is 12.7 Å². The summed E-state index contributed by atoms with van der Waals surface area (Å²) < 4.78 is 37.7. The Morgan fingerprint density at radius 3 is 2.43 bits per heavy atom. The molecule has 2 heterocycles. The lowest BCUT2D eigenvalue weighted by molar-refractivity contribution is -0.192. The monoisotopic (exact) mass is 428 g/mol. The minimum atomic E-state index is -5.08. The minimum Gasteiger partial charge on any atom is -0.475 e. The third-order valence-corrected chi connectivity index (χ3v) is 5.80. The van der Waals surface area contributed by atoms with Crippen LogP contribution < -0.4 is 5.32 Å². The Labute approximate surface area is 173 Å². The van der Waals surface area contributed by atoms with E-state index < -0.39 is 12.1 Å². The Balaban J connectivity index is 0.000000318. The van der Waals surface area contributed by atoms with E-state index in [9.17, 15) is 18.0 Å². The van der Waals surface area contributed by atoms with E-state index in [0.717, 1.165) is 39.1 Å². The molecule has 1 saturated carbocycles. The SMILES string of the molecule is O=C(NC[C@@H]1OC[C@H]2CN(Cc3ccccc3)CC[C@H]21)C1CC1.O=C(O)C(F)(F)F. The number of halogens is 3. The quantitative estimate of drug-likeness (QED) is 0.754. The number of rotatable bonds is 5. The second-order valence-corrected chi connectivity index (χ2v) is 8.13. The van der Waals surface area contributed by atoms with Crippen molar-refractivity contribution in [2.45, 2.75) is 38.1 Å². The van der Waals surface area contributed by atoms with Crippen molar-refractivity contribution in [1.82, 2.24) is 10.2 Å². The van der Waals surface area contributed by atoms with Crippen LogP contribution in [0.3, 0.4) is 0 Å². The highest BCUT2D eigenvalue weighted by Crippen LogP contribution is 2.35. The maximum Gasteiger partial charge on any atom is 0.490 e. The first-order chi connectivity index (χ1) is 14.2. The molecule has 0 bridgehead atoms. The van der Waals surface area contributed by atoms with Crippen molar-refractivity contribution in [3.8, 4) is 0 Å². The smallest absolute Gasteiger partial charge is 0.475 e. The number of carbonyl (C=O) groups excluding carboxylic acids is 1. The lowest BCUT2D eigenvalue weighted by Gasteiger charge is -2.35.